The monoisotopic (exact) mass is 1080 g/mol. The van der Waals surface area contributed by atoms with Crippen LogP contribution >= 0.6 is 45.2 Å². The maximum absolute atomic E-state index is 12.1. The van der Waals surface area contributed by atoms with Gasteiger partial charge in [0.25, 0.3) is 11.4 Å². The number of rotatable bonds is 5. The number of amides is 1. The molecule has 0 unspecified atom stereocenters. The van der Waals surface area contributed by atoms with Crippen LogP contribution in [0.3, 0.4) is 0 Å². The van der Waals surface area contributed by atoms with Crippen LogP contribution < -0.4 is 11.1 Å². The predicted octanol–water partition coefficient (Wildman–Crippen LogP) is 9.67. The molecule has 23 heteroatoms. The lowest BCUT2D eigenvalue weighted by atomic mass is 10.2. The van der Waals surface area contributed by atoms with Gasteiger partial charge in [-0.05, 0) is 120 Å². The third-order valence-electron chi connectivity index (χ3n) is 7.31. The minimum Gasteiger partial charge on any atom is -0.444 e. The van der Waals surface area contributed by atoms with Crippen LogP contribution in [-0.2, 0) is 18.9 Å². The van der Waals surface area contributed by atoms with Gasteiger partial charge in [0.05, 0.1) is 32.0 Å². The number of nitro groups is 2. The first-order valence-electron chi connectivity index (χ1n) is 18.1. The van der Waals surface area contributed by atoms with Crippen LogP contribution in [-0.4, -0.2) is 74.1 Å². The fourth-order valence-corrected chi connectivity index (χ4v) is 6.64. The molecular weight excluding hydrogens is 1040 g/mol. The maximum Gasteiger partial charge on any atom is 0.519 e. The Bertz CT molecular complexity index is 2620. The van der Waals surface area contributed by atoms with Crippen LogP contribution in [0.25, 0.3) is 33.4 Å². The minimum absolute atomic E-state index is 0.0227. The first-order chi connectivity index (χ1) is 28.7. The molecule has 0 saturated heterocycles. The molecule has 1 amide bonds. The van der Waals surface area contributed by atoms with E-state index in [1.807, 2.05) is 6.20 Å². The largest absolute Gasteiger partial charge is 0.519 e. The van der Waals surface area contributed by atoms with E-state index in [1.54, 1.807) is 102 Å². The molecule has 0 fully saturated rings. The van der Waals surface area contributed by atoms with Gasteiger partial charge in [-0.3, -0.25) is 34.7 Å². The Morgan fingerprint density at radius 1 is 0.661 bits per heavy atom. The molecule has 0 radical (unpaired) electrons. The number of carbonyl (C=O) groups is 3. The molecule has 0 spiro atoms. The average molecular weight is 1080 g/mol. The highest BCUT2D eigenvalue weighted by atomic mass is 127. The fourth-order valence-electron chi connectivity index (χ4n) is 5.07. The molecule has 21 nitrogen and oxygen atoms in total. The normalized spacial score (nSPS) is 11.3. The van der Waals surface area contributed by atoms with Crippen molar-refractivity contribution >= 4 is 109 Å². The molecule has 4 heterocycles. The van der Waals surface area contributed by atoms with E-state index in [1.165, 1.54) is 36.9 Å². The van der Waals surface area contributed by atoms with Crippen molar-refractivity contribution < 1.29 is 43.2 Å². The van der Waals surface area contributed by atoms with Gasteiger partial charge in [-0.15, -0.1) is 0 Å². The summed E-state index contributed by atoms with van der Waals surface area (Å²) in [6.45, 7) is 15.3. The Labute approximate surface area is 381 Å². The van der Waals surface area contributed by atoms with E-state index < -0.39 is 45.1 Å². The lowest BCUT2D eigenvalue weighted by Crippen LogP contribution is -2.29. The van der Waals surface area contributed by atoms with Gasteiger partial charge in [0.1, 0.15) is 41.1 Å². The molecule has 0 bridgehead atoms. The van der Waals surface area contributed by atoms with Gasteiger partial charge in [0.2, 0.25) is 0 Å². The van der Waals surface area contributed by atoms with Gasteiger partial charge < -0.3 is 24.7 Å². The quantitative estimate of drug-likeness (QED) is 0.0406. The number of nitrogens with two attached hydrogens (primary N) is 1. The number of hydrogen-bond acceptors (Lipinski definition) is 16. The SMILES string of the molecule is CC(C)(C)OC(=O)Nc1ncnc2c1c(I)cn2-c1cccc([N+](=O)[O-])c1.CC(C)(C)OC(=O)OC(=O)OC(C)(C)C.Nc1ncnc2c1c(I)cn2-c1cccc([N+](=O)[O-])c1. The summed E-state index contributed by atoms with van der Waals surface area (Å²) >= 11 is 4.24. The average Bonchev–Trinajstić information content (AvgIpc) is 3.67. The Morgan fingerprint density at radius 3 is 1.52 bits per heavy atom. The first kappa shape index (κ1) is 48.4. The van der Waals surface area contributed by atoms with Crippen LogP contribution in [0.1, 0.15) is 62.3 Å². The number of halogens is 2. The zero-order valence-electron chi connectivity index (χ0n) is 34.8. The number of benzene rings is 2. The summed E-state index contributed by atoms with van der Waals surface area (Å²) in [5.74, 6) is 0.700. The van der Waals surface area contributed by atoms with Crippen LogP contribution in [0.5, 0.6) is 0 Å². The van der Waals surface area contributed by atoms with Crippen LogP contribution in [0.15, 0.2) is 73.6 Å². The molecule has 2 aromatic carbocycles. The van der Waals surface area contributed by atoms with Gasteiger partial charge >= 0.3 is 18.4 Å². The van der Waals surface area contributed by atoms with Crippen molar-refractivity contribution in [1.29, 1.82) is 0 Å². The molecule has 0 aliphatic rings. The van der Waals surface area contributed by atoms with Crippen molar-refractivity contribution in [1.82, 2.24) is 29.1 Å². The third kappa shape index (κ3) is 13.6. The van der Waals surface area contributed by atoms with E-state index in [-0.39, 0.29) is 11.4 Å². The van der Waals surface area contributed by atoms with E-state index in [4.69, 9.17) is 19.9 Å². The van der Waals surface area contributed by atoms with Crippen LogP contribution in [0, 0.1) is 27.4 Å². The van der Waals surface area contributed by atoms with Crippen molar-refractivity contribution in [2.75, 3.05) is 11.1 Å². The van der Waals surface area contributed by atoms with E-state index >= 15 is 0 Å². The van der Waals surface area contributed by atoms with E-state index in [0.29, 0.717) is 39.7 Å². The van der Waals surface area contributed by atoms with Crippen LogP contribution in [0.4, 0.5) is 37.4 Å². The number of nitrogen functional groups attached to an aromatic ring is 1. The Balaban J connectivity index is 0.000000215. The molecule has 0 atom stereocenters. The second-order valence-electron chi connectivity index (χ2n) is 15.8. The Morgan fingerprint density at radius 2 is 1.08 bits per heavy atom. The fraction of sp³-hybridized carbons (Fsp3) is 0.308. The van der Waals surface area contributed by atoms with Gasteiger partial charge in [-0.25, -0.2) is 34.3 Å². The summed E-state index contributed by atoms with van der Waals surface area (Å²) in [6.07, 6.45) is 3.56. The van der Waals surface area contributed by atoms with Crippen molar-refractivity contribution in [2.45, 2.75) is 79.1 Å². The number of fused-ring (bicyclic) bond motifs is 2. The summed E-state index contributed by atoms with van der Waals surface area (Å²) in [4.78, 5) is 71.7. The zero-order chi connectivity index (χ0) is 46.3. The second kappa shape index (κ2) is 19.6. The van der Waals surface area contributed by atoms with Crippen molar-refractivity contribution in [3.05, 3.63) is 101 Å². The van der Waals surface area contributed by atoms with Gasteiger partial charge in [0.15, 0.2) is 11.3 Å². The van der Waals surface area contributed by atoms with Crippen molar-refractivity contribution in [3.8, 4) is 11.4 Å². The first-order valence-corrected chi connectivity index (χ1v) is 20.3. The van der Waals surface area contributed by atoms with Crippen molar-refractivity contribution in [2.24, 2.45) is 0 Å². The molecule has 3 N–H and O–H groups in total. The zero-order valence-corrected chi connectivity index (χ0v) is 39.1. The molecule has 6 aromatic rings. The molecule has 328 valence electrons. The number of nitrogens with one attached hydrogen (secondary N) is 1. The van der Waals surface area contributed by atoms with Gasteiger partial charge in [-0.2, -0.15) is 0 Å². The van der Waals surface area contributed by atoms with Crippen LogP contribution in [0.2, 0.25) is 0 Å². The molecule has 0 aliphatic carbocycles. The highest BCUT2D eigenvalue weighted by molar-refractivity contribution is 14.1. The smallest absolute Gasteiger partial charge is 0.444 e. The lowest BCUT2D eigenvalue weighted by Gasteiger charge is -2.20. The maximum atomic E-state index is 12.1. The van der Waals surface area contributed by atoms with E-state index in [9.17, 15) is 34.6 Å². The molecular formula is C39H42I2N10O11. The molecule has 62 heavy (non-hydrogen) atoms. The highest BCUT2D eigenvalue weighted by Crippen LogP contribution is 2.31. The summed E-state index contributed by atoms with van der Waals surface area (Å²) < 4.78 is 24.2. The highest BCUT2D eigenvalue weighted by Gasteiger charge is 2.25. The summed E-state index contributed by atoms with van der Waals surface area (Å²) in [5.41, 5.74) is 6.21. The number of anilines is 2. The topological polar surface area (TPSA) is 274 Å². The second-order valence-corrected chi connectivity index (χ2v) is 18.1. The number of aromatic nitrogens is 6. The number of non-ortho nitro benzene ring substituents is 2. The van der Waals surface area contributed by atoms with Gasteiger partial charge in [0, 0.05) is 43.8 Å². The van der Waals surface area contributed by atoms with E-state index in [2.05, 4.69) is 75.2 Å². The summed E-state index contributed by atoms with van der Waals surface area (Å²) in [7, 11) is 0. The lowest BCUT2D eigenvalue weighted by molar-refractivity contribution is -0.385. The minimum atomic E-state index is -1.06. The standard InChI is InChI=1S/C17H16IN5O4.C12H8IN5O2.C10H18O5/c1-17(2,3)27-16(24)21-14-13-12(18)8-22(15(13)20-9-19-14)10-5-4-6-11(7-10)23(25)26;13-9-5-17(12-10(9)11(14)15-6-16-12)7-2-1-3-8(4-7)18(19)20;1-9(2,3)14-7(11)13-8(12)15-10(4,5)6/h4-9H,1-3H3,(H,19,20,21,24);1-6H,(H2,14,15,16);1-6H3. The number of nitro benzene ring substituents is 2. The molecule has 4 aromatic heterocycles. The van der Waals surface area contributed by atoms with Gasteiger partial charge in [-0.1, -0.05) is 12.1 Å². The number of ether oxygens (including phenoxy) is 4. The number of carbonyl (C=O) groups excluding carboxylic acids is 3. The Hall–Kier alpha value is -6.25. The summed E-state index contributed by atoms with van der Waals surface area (Å²) in [5, 5.41) is 25.9. The summed E-state index contributed by atoms with van der Waals surface area (Å²) in [6, 6.07) is 12.6. The van der Waals surface area contributed by atoms with E-state index in [0.717, 1.165) is 12.5 Å². The molecule has 0 saturated carbocycles. The Kier molecular flexibility index (Phi) is 15.3. The van der Waals surface area contributed by atoms with Crippen molar-refractivity contribution in [3.63, 3.8) is 0 Å². The number of hydrogen-bond donors (Lipinski definition) is 2. The predicted molar refractivity (Wildman–Crippen MR) is 244 cm³/mol. The number of nitrogens with zero attached hydrogens (tertiary/aromatic N) is 8. The third-order valence-corrected chi connectivity index (χ3v) is 8.94. The molecule has 0 aliphatic heterocycles. The molecule has 6 rings (SSSR count).